The quantitative estimate of drug-likeness (QED) is 0.918. The molecule has 6 heteroatoms. The molecule has 3 fully saturated rings. The summed E-state index contributed by atoms with van der Waals surface area (Å²) in [5.41, 5.74) is 6.01. The van der Waals surface area contributed by atoms with E-state index >= 15 is 0 Å². The van der Waals surface area contributed by atoms with Crippen molar-refractivity contribution in [3.8, 4) is 0 Å². The standard InChI is InChI=1S/C17H25N5O/c18-14-5-8-19-16(20-14)21-9-1-6-17(11-21)7-4-15(23)22(12-17)10-13-2-3-13/h5,8,13H,1-4,6-7,9-12H2,(H2,18,19,20)/t17-/m1/s1. The molecule has 4 rings (SSSR count). The zero-order chi connectivity index (χ0) is 15.9. The van der Waals surface area contributed by atoms with E-state index in [0.29, 0.717) is 18.1 Å². The Morgan fingerprint density at radius 1 is 1.30 bits per heavy atom. The van der Waals surface area contributed by atoms with Gasteiger partial charge in [-0.05, 0) is 44.1 Å². The second-order valence-electron chi connectivity index (χ2n) is 7.52. The Bertz CT molecular complexity index is 602. The molecule has 0 radical (unpaired) electrons. The summed E-state index contributed by atoms with van der Waals surface area (Å²) in [7, 11) is 0. The van der Waals surface area contributed by atoms with E-state index in [0.717, 1.165) is 50.9 Å². The first-order chi connectivity index (χ1) is 11.1. The number of piperidine rings is 2. The largest absolute Gasteiger partial charge is 0.384 e. The Kier molecular flexibility index (Phi) is 3.62. The molecule has 2 N–H and O–H groups in total. The Hall–Kier alpha value is -1.85. The van der Waals surface area contributed by atoms with Gasteiger partial charge in [-0.25, -0.2) is 4.98 Å². The molecule has 1 atom stereocenters. The number of rotatable bonds is 3. The molecule has 1 aliphatic carbocycles. The molecule has 3 heterocycles. The molecule has 6 nitrogen and oxygen atoms in total. The zero-order valence-electron chi connectivity index (χ0n) is 13.6. The first-order valence-electron chi connectivity index (χ1n) is 8.75. The summed E-state index contributed by atoms with van der Waals surface area (Å²) < 4.78 is 0. The van der Waals surface area contributed by atoms with Gasteiger partial charge in [0.1, 0.15) is 5.82 Å². The van der Waals surface area contributed by atoms with Gasteiger partial charge < -0.3 is 15.5 Å². The number of nitrogen functional groups attached to an aromatic ring is 1. The van der Waals surface area contributed by atoms with Crippen LogP contribution in [-0.2, 0) is 4.79 Å². The van der Waals surface area contributed by atoms with Gasteiger partial charge in [-0.1, -0.05) is 0 Å². The number of carbonyl (C=O) groups excluding carboxylic acids is 1. The fourth-order valence-electron chi connectivity index (χ4n) is 4.11. The fourth-order valence-corrected chi connectivity index (χ4v) is 4.11. The van der Waals surface area contributed by atoms with Crippen LogP contribution in [0.3, 0.4) is 0 Å². The summed E-state index contributed by atoms with van der Waals surface area (Å²) in [6.45, 7) is 3.78. The molecule has 0 unspecified atom stereocenters. The highest BCUT2D eigenvalue weighted by Gasteiger charge is 2.43. The highest BCUT2D eigenvalue weighted by atomic mass is 16.2. The maximum Gasteiger partial charge on any atom is 0.227 e. The van der Waals surface area contributed by atoms with Gasteiger partial charge in [0, 0.05) is 44.2 Å². The monoisotopic (exact) mass is 315 g/mol. The molecule has 23 heavy (non-hydrogen) atoms. The topological polar surface area (TPSA) is 75.3 Å². The van der Waals surface area contributed by atoms with Gasteiger partial charge in [0.15, 0.2) is 0 Å². The van der Waals surface area contributed by atoms with Crippen molar-refractivity contribution in [3.05, 3.63) is 12.3 Å². The van der Waals surface area contributed by atoms with E-state index < -0.39 is 0 Å². The van der Waals surface area contributed by atoms with Crippen LogP contribution in [0.5, 0.6) is 0 Å². The number of aromatic nitrogens is 2. The van der Waals surface area contributed by atoms with Crippen molar-refractivity contribution in [2.45, 2.75) is 38.5 Å². The molecule has 2 saturated heterocycles. The van der Waals surface area contributed by atoms with E-state index in [9.17, 15) is 4.79 Å². The predicted molar refractivity (Wildman–Crippen MR) is 88.9 cm³/mol. The van der Waals surface area contributed by atoms with Gasteiger partial charge in [-0.3, -0.25) is 4.79 Å². The Labute approximate surface area is 137 Å². The average molecular weight is 315 g/mol. The van der Waals surface area contributed by atoms with Gasteiger partial charge in [0.2, 0.25) is 11.9 Å². The van der Waals surface area contributed by atoms with Crippen LogP contribution in [-0.4, -0.2) is 47.0 Å². The Balaban J connectivity index is 1.49. The number of amides is 1. The van der Waals surface area contributed by atoms with Crippen molar-refractivity contribution < 1.29 is 4.79 Å². The van der Waals surface area contributed by atoms with Crippen LogP contribution in [0.25, 0.3) is 0 Å². The lowest BCUT2D eigenvalue weighted by Crippen LogP contribution is -2.54. The maximum absolute atomic E-state index is 12.3. The van der Waals surface area contributed by atoms with Crippen molar-refractivity contribution in [1.29, 1.82) is 0 Å². The highest BCUT2D eigenvalue weighted by Crippen LogP contribution is 2.41. The molecule has 1 saturated carbocycles. The minimum atomic E-state index is 0.203. The van der Waals surface area contributed by atoms with Gasteiger partial charge >= 0.3 is 0 Å². The zero-order valence-corrected chi connectivity index (χ0v) is 13.6. The predicted octanol–water partition coefficient (Wildman–Crippen LogP) is 1.68. The molecule has 0 aromatic carbocycles. The van der Waals surface area contributed by atoms with E-state index in [1.54, 1.807) is 12.3 Å². The lowest BCUT2D eigenvalue weighted by Gasteiger charge is -2.48. The molecule has 1 aromatic rings. The average Bonchev–Trinajstić information content (AvgIpc) is 3.36. The minimum Gasteiger partial charge on any atom is -0.384 e. The van der Waals surface area contributed by atoms with Gasteiger partial charge in [0.25, 0.3) is 0 Å². The number of hydrogen-bond donors (Lipinski definition) is 1. The summed E-state index contributed by atoms with van der Waals surface area (Å²) in [5, 5.41) is 0. The third-order valence-electron chi connectivity index (χ3n) is 5.53. The SMILES string of the molecule is Nc1ccnc(N2CCC[C@@]3(CCC(=O)N(CC4CC4)C3)C2)n1. The van der Waals surface area contributed by atoms with Crippen LogP contribution < -0.4 is 10.6 Å². The van der Waals surface area contributed by atoms with Crippen molar-refractivity contribution in [1.82, 2.24) is 14.9 Å². The van der Waals surface area contributed by atoms with Crippen LogP contribution >= 0.6 is 0 Å². The minimum absolute atomic E-state index is 0.203. The first kappa shape index (κ1) is 14.7. The van der Waals surface area contributed by atoms with Crippen molar-refractivity contribution in [2.24, 2.45) is 11.3 Å². The molecule has 1 amide bonds. The number of nitrogens with two attached hydrogens (primary N) is 1. The summed E-state index contributed by atoms with van der Waals surface area (Å²) >= 11 is 0. The normalized spacial score (nSPS) is 28.4. The molecular weight excluding hydrogens is 290 g/mol. The Morgan fingerprint density at radius 2 is 2.17 bits per heavy atom. The second kappa shape index (κ2) is 5.65. The van der Waals surface area contributed by atoms with E-state index in [1.807, 2.05) is 0 Å². The van der Waals surface area contributed by atoms with Gasteiger partial charge in [0.05, 0.1) is 0 Å². The molecular formula is C17H25N5O. The smallest absolute Gasteiger partial charge is 0.227 e. The summed E-state index contributed by atoms with van der Waals surface area (Å²) in [6, 6.07) is 1.72. The van der Waals surface area contributed by atoms with Gasteiger partial charge in [-0.2, -0.15) is 4.98 Å². The second-order valence-corrected chi connectivity index (χ2v) is 7.52. The first-order valence-corrected chi connectivity index (χ1v) is 8.75. The molecule has 1 aromatic heterocycles. The van der Waals surface area contributed by atoms with E-state index in [4.69, 9.17) is 5.73 Å². The third kappa shape index (κ3) is 3.12. The van der Waals surface area contributed by atoms with Crippen LogP contribution in [0, 0.1) is 11.3 Å². The summed E-state index contributed by atoms with van der Waals surface area (Å²) in [6.07, 6.45) is 8.32. The molecule has 2 aliphatic heterocycles. The lowest BCUT2D eigenvalue weighted by molar-refractivity contribution is -0.138. The molecule has 1 spiro atoms. The number of hydrogen-bond acceptors (Lipinski definition) is 5. The molecule has 3 aliphatic rings. The van der Waals surface area contributed by atoms with Crippen LogP contribution in [0.4, 0.5) is 11.8 Å². The van der Waals surface area contributed by atoms with Crippen molar-refractivity contribution in [3.63, 3.8) is 0 Å². The maximum atomic E-state index is 12.3. The fraction of sp³-hybridized carbons (Fsp3) is 0.706. The summed E-state index contributed by atoms with van der Waals surface area (Å²) in [4.78, 5) is 25.4. The van der Waals surface area contributed by atoms with E-state index in [-0.39, 0.29) is 5.41 Å². The molecule has 0 bridgehead atoms. The molecule has 124 valence electrons. The highest BCUT2D eigenvalue weighted by molar-refractivity contribution is 5.77. The van der Waals surface area contributed by atoms with Crippen LogP contribution in [0.15, 0.2) is 12.3 Å². The number of carbonyl (C=O) groups is 1. The van der Waals surface area contributed by atoms with E-state index in [2.05, 4.69) is 19.8 Å². The van der Waals surface area contributed by atoms with E-state index in [1.165, 1.54) is 19.3 Å². The van der Waals surface area contributed by atoms with Crippen LogP contribution in [0.2, 0.25) is 0 Å². The van der Waals surface area contributed by atoms with Crippen molar-refractivity contribution >= 4 is 17.7 Å². The number of nitrogens with zero attached hydrogens (tertiary/aromatic N) is 4. The number of likely N-dealkylation sites (tertiary alicyclic amines) is 1. The summed E-state index contributed by atoms with van der Waals surface area (Å²) in [5.74, 6) is 2.35. The number of anilines is 2. The van der Waals surface area contributed by atoms with Crippen LogP contribution in [0.1, 0.15) is 38.5 Å². The third-order valence-corrected chi connectivity index (χ3v) is 5.53. The Morgan fingerprint density at radius 3 is 2.96 bits per heavy atom. The van der Waals surface area contributed by atoms with Crippen molar-refractivity contribution in [2.75, 3.05) is 36.8 Å². The van der Waals surface area contributed by atoms with Gasteiger partial charge in [-0.15, -0.1) is 0 Å². The lowest BCUT2D eigenvalue weighted by atomic mass is 9.73.